The monoisotopic (exact) mass is 328 g/mol. The first-order valence-electron chi connectivity index (χ1n) is 8.27. The van der Waals surface area contributed by atoms with Gasteiger partial charge in [-0.05, 0) is 38.3 Å². The van der Waals surface area contributed by atoms with E-state index in [1.807, 2.05) is 18.2 Å². The predicted molar refractivity (Wildman–Crippen MR) is 92.5 cm³/mol. The van der Waals surface area contributed by atoms with E-state index in [4.69, 9.17) is 4.74 Å². The molecule has 5 nitrogen and oxygen atoms in total. The molecule has 1 fully saturated rings. The Balaban J connectivity index is 2.12. The first-order valence-corrected chi connectivity index (χ1v) is 8.27. The summed E-state index contributed by atoms with van der Waals surface area (Å²) in [6, 6.07) is 7.57. The number of nitrogens with zero attached hydrogens (tertiary/aromatic N) is 1. The maximum atomic E-state index is 12.3. The maximum absolute atomic E-state index is 12.3. The molecule has 1 amide bonds. The minimum Gasteiger partial charge on any atom is -0.467 e. The zero-order valence-electron chi connectivity index (χ0n) is 14.6. The molecular weight excluding hydrogens is 304 g/mol. The van der Waals surface area contributed by atoms with Gasteiger partial charge in [-0.1, -0.05) is 29.8 Å². The summed E-state index contributed by atoms with van der Waals surface area (Å²) in [5.41, 5.74) is 3.13. The van der Waals surface area contributed by atoms with Gasteiger partial charge in [-0.25, -0.2) is 4.79 Å². The van der Waals surface area contributed by atoms with Crippen molar-refractivity contribution in [2.24, 2.45) is 0 Å². The summed E-state index contributed by atoms with van der Waals surface area (Å²) in [4.78, 5) is 26.3. The molecule has 0 spiro atoms. The first-order chi connectivity index (χ1) is 11.4. The molecule has 1 saturated heterocycles. The van der Waals surface area contributed by atoms with Gasteiger partial charge in [-0.3, -0.25) is 4.79 Å². The molecule has 2 aliphatic rings. The molecule has 0 saturated carbocycles. The summed E-state index contributed by atoms with van der Waals surface area (Å²) in [5.74, 6) is -0.467. The van der Waals surface area contributed by atoms with Gasteiger partial charge in [0.1, 0.15) is 12.2 Å². The second-order valence-corrected chi connectivity index (χ2v) is 6.90. The number of para-hydroxylation sites is 1. The van der Waals surface area contributed by atoms with Crippen LogP contribution in [0.5, 0.6) is 0 Å². The minimum absolute atomic E-state index is 0.116. The average Bonchev–Trinajstić information content (AvgIpc) is 3.03. The summed E-state index contributed by atoms with van der Waals surface area (Å²) < 4.78 is 4.96. The number of fused-ring (bicyclic) bond motifs is 3. The van der Waals surface area contributed by atoms with Crippen molar-refractivity contribution in [3.05, 3.63) is 41.5 Å². The molecule has 24 heavy (non-hydrogen) atoms. The fourth-order valence-corrected chi connectivity index (χ4v) is 4.08. The van der Waals surface area contributed by atoms with Crippen molar-refractivity contribution in [2.45, 2.75) is 51.2 Å². The second-order valence-electron chi connectivity index (χ2n) is 6.90. The van der Waals surface area contributed by atoms with Crippen LogP contribution in [0.25, 0.3) is 0 Å². The Bertz CT molecular complexity index is 708. The van der Waals surface area contributed by atoms with Crippen LogP contribution in [0.2, 0.25) is 0 Å². The van der Waals surface area contributed by atoms with Crippen LogP contribution in [0.4, 0.5) is 5.69 Å². The predicted octanol–water partition coefficient (Wildman–Crippen LogP) is 2.83. The first kappa shape index (κ1) is 16.6. The lowest BCUT2D eigenvalue weighted by Gasteiger charge is -2.32. The number of rotatable bonds is 3. The smallest absolute Gasteiger partial charge is 0.328 e. The Morgan fingerprint density at radius 3 is 2.67 bits per heavy atom. The van der Waals surface area contributed by atoms with Crippen molar-refractivity contribution in [2.75, 3.05) is 12.4 Å². The molecule has 2 heterocycles. The molecule has 0 bridgehead atoms. The number of esters is 1. The van der Waals surface area contributed by atoms with Crippen LogP contribution in [0, 0.1) is 0 Å². The van der Waals surface area contributed by atoms with Gasteiger partial charge in [-0.2, -0.15) is 0 Å². The lowest BCUT2D eigenvalue weighted by atomic mass is 9.75. The molecular formula is C19H24N2O3. The van der Waals surface area contributed by atoms with E-state index in [-0.39, 0.29) is 23.5 Å². The Morgan fingerprint density at radius 2 is 2.04 bits per heavy atom. The molecule has 0 radical (unpaired) electrons. The number of nitrogens with one attached hydrogen (secondary N) is 1. The zero-order valence-corrected chi connectivity index (χ0v) is 14.6. The Hall–Kier alpha value is -2.30. The third-order valence-electron chi connectivity index (χ3n) is 5.16. The highest BCUT2D eigenvalue weighted by atomic mass is 16.5. The number of methoxy groups -OCH3 is 1. The van der Waals surface area contributed by atoms with Crippen LogP contribution in [0.3, 0.4) is 0 Å². The molecule has 1 N–H and O–H groups in total. The third kappa shape index (κ3) is 2.39. The van der Waals surface area contributed by atoms with Crippen LogP contribution in [-0.2, 0) is 19.7 Å². The van der Waals surface area contributed by atoms with Crippen molar-refractivity contribution in [3.63, 3.8) is 0 Å². The normalized spacial score (nSPS) is 27.1. The molecule has 0 unspecified atom stereocenters. The summed E-state index contributed by atoms with van der Waals surface area (Å²) >= 11 is 0. The van der Waals surface area contributed by atoms with Gasteiger partial charge in [0.15, 0.2) is 0 Å². The van der Waals surface area contributed by atoms with Crippen molar-refractivity contribution in [1.29, 1.82) is 0 Å². The van der Waals surface area contributed by atoms with Crippen LogP contribution in [0.1, 0.15) is 39.2 Å². The van der Waals surface area contributed by atoms with Crippen molar-refractivity contribution in [3.8, 4) is 0 Å². The molecule has 1 aromatic carbocycles. The number of benzene rings is 1. The van der Waals surface area contributed by atoms with Crippen molar-refractivity contribution >= 4 is 17.6 Å². The van der Waals surface area contributed by atoms with E-state index >= 15 is 0 Å². The number of carbonyl (C=O) groups excluding carboxylic acids is 2. The van der Waals surface area contributed by atoms with E-state index in [1.54, 1.807) is 4.90 Å². The summed E-state index contributed by atoms with van der Waals surface area (Å²) in [5, 5.41) is 3.47. The topological polar surface area (TPSA) is 58.6 Å². The minimum atomic E-state index is -0.552. The average molecular weight is 328 g/mol. The molecule has 2 aliphatic heterocycles. The molecule has 5 heteroatoms. The van der Waals surface area contributed by atoms with Crippen LogP contribution < -0.4 is 5.32 Å². The van der Waals surface area contributed by atoms with E-state index < -0.39 is 6.04 Å². The number of anilines is 1. The van der Waals surface area contributed by atoms with Crippen molar-refractivity contribution in [1.82, 2.24) is 4.90 Å². The van der Waals surface area contributed by atoms with Crippen LogP contribution >= 0.6 is 0 Å². The highest BCUT2D eigenvalue weighted by Gasteiger charge is 2.59. The van der Waals surface area contributed by atoms with Gasteiger partial charge in [-0.15, -0.1) is 0 Å². The van der Waals surface area contributed by atoms with Crippen molar-refractivity contribution < 1.29 is 14.3 Å². The molecule has 3 atom stereocenters. The zero-order chi connectivity index (χ0) is 17.5. The fourth-order valence-electron chi connectivity index (χ4n) is 4.08. The van der Waals surface area contributed by atoms with Gasteiger partial charge in [0.2, 0.25) is 5.91 Å². The number of carbonyl (C=O) groups is 2. The van der Waals surface area contributed by atoms with Gasteiger partial charge >= 0.3 is 5.97 Å². The summed E-state index contributed by atoms with van der Waals surface area (Å²) in [6.45, 7) is 5.64. The molecule has 0 aliphatic carbocycles. The quantitative estimate of drug-likeness (QED) is 0.685. The van der Waals surface area contributed by atoms with Gasteiger partial charge in [0.25, 0.3) is 0 Å². The third-order valence-corrected chi connectivity index (χ3v) is 5.16. The number of hydrogen-bond acceptors (Lipinski definition) is 4. The maximum Gasteiger partial charge on any atom is 0.328 e. The number of amides is 1. The summed E-state index contributed by atoms with van der Waals surface area (Å²) in [7, 11) is 1.37. The van der Waals surface area contributed by atoms with Gasteiger partial charge in [0, 0.05) is 18.0 Å². The van der Waals surface area contributed by atoms with E-state index in [0.29, 0.717) is 6.42 Å². The van der Waals surface area contributed by atoms with Gasteiger partial charge < -0.3 is 15.0 Å². The number of allylic oxidation sites excluding steroid dienone is 2. The van der Waals surface area contributed by atoms with E-state index in [0.717, 1.165) is 12.1 Å². The molecule has 128 valence electrons. The number of likely N-dealkylation sites (tertiary alicyclic amines) is 1. The van der Waals surface area contributed by atoms with Gasteiger partial charge in [0.05, 0.1) is 7.11 Å². The SMILES string of the molecule is COC(=O)[C@@H]1C[C@]2(CC=C(C)C)c3ccccc3N[C@@H]2N1C(C)=O. The largest absolute Gasteiger partial charge is 0.467 e. The Morgan fingerprint density at radius 1 is 1.33 bits per heavy atom. The van der Waals surface area contributed by atoms with E-state index in [2.05, 4.69) is 31.3 Å². The fraction of sp³-hybridized carbons (Fsp3) is 0.474. The number of hydrogen-bond donors (Lipinski definition) is 1. The number of ether oxygens (including phenoxy) is 1. The highest BCUT2D eigenvalue weighted by Crippen LogP contribution is 2.53. The summed E-state index contributed by atoms with van der Waals surface area (Å²) in [6.07, 6.45) is 3.31. The Kier molecular flexibility index (Phi) is 4.11. The van der Waals surface area contributed by atoms with Crippen LogP contribution in [0.15, 0.2) is 35.9 Å². The molecule has 3 rings (SSSR count). The second kappa shape index (κ2) is 5.96. The lowest BCUT2D eigenvalue weighted by molar-refractivity contribution is -0.151. The van der Waals surface area contributed by atoms with Crippen LogP contribution in [-0.4, -0.2) is 36.1 Å². The van der Waals surface area contributed by atoms with E-state index in [9.17, 15) is 9.59 Å². The molecule has 0 aromatic heterocycles. The van der Waals surface area contributed by atoms with E-state index in [1.165, 1.54) is 25.2 Å². The molecule has 1 aromatic rings. The standard InChI is InChI=1S/C19H24N2O3/c1-12(2)9-10-19-11-16(17(23)24-4)21(13(3)22)18(19)20-15-8-6-5-7-14(15)19/h5-9,16,18,20H,10-11H2,1-4H3/t16-,18+,19+/m0/s1. The lowest BCUT2D eigenvalue weighted by Crippen LogP contribution is -2.49. The Labute approximate surface area is 142 Å². The highest BCUT2D eigenvalue weighted by molar-refractivity contribution is 5.86.